The Hall–Kier alpha value is -3.65. The van der Waals surface area contributed by atoms with E-state index in [9.17, 15) is 18.0 Å². The summed E-state index contributed by atoms with van der Waals surface area (Å²) >= 11 is 0. The third-order valence-electron chi connectivity index (χ3n) is 6.79. The van der Waals surface area contributed by atoms with Crippen molar-refractivity contribution in [3.05, 3.63) is 95.6 Å². The van der Waals surface area contributed by atoms with Crippen LogP contribution in [0.25, 0.3) is 0 Å². The van der Waals surface area contributed by atoms with Crippen LogP contribution in [-0.4, -0.2) is 43.8 Å². The molecule has 0 aliphatic rings. The van der Waals surface area contributed by atoms with Gasteiger partial charge in [-0.2, -0.15) is 0 Å². The lowest BCUT2D eigenvalue weighted by Gasteiger charge is -2.33. The van der Waals surface area contributed by atoms with Crippen LogP contribution in [0, 0.1) is 13.8 Å². The lowest BCUT2D eigenvalue weighted by molar-refractivity contribution is -0.140. The summed E-state index contributed by atoms with van der Waals surface area (Å²) in [5, 5.41) is 2.99. The molecule has 0 saturated heterocycles. The van der Waals surface area contributed by atoms with Gasteiger partial charge in [-0.1, -0.05) is 79.6 Å². The van der Waals surface area contributed by atoms with E-state index in [0.717, 1.165) is 27.4 Å². The molecule has 2 amide bonds. The maximum Gasteiger partial charge on any atom is 0.264 e. The fraction of sp³-hybridized carbons (Fsp3) is 0.355. The quantitative estimate of drug-likeness (QED) is 0.336. The number of rotatable bonds is 12. The molecule has 0 unspecified atom stereocenters. The first-order valence-electron chi connectivity index (χ1n) is 13.4. The highest BCUT2D eigenvalue weighted by atomic mass is 32.2. The molecule has 3 rings (SSSR count). The third-order valence-corrected chi connectivity index (χ3v) is 8.58. The van der Waals surface area contributed by atoms with Crippen LogP contribution < -0.4 is 9.62 Å². The molecular weight excluding hydrogens is 510 g/mol. The van der Waals surface area contributed by atoms with Crippen molar-refractivity contribution in [3.8, 4) is 0 Å². The summed E-state index contributed by atoms with van der Waals surface area (Å²) in [6.45, 7) is 9.35. The van der Waals surface area contributed by atoms with E-state index < -0.39 is 28.5 Å². The molecule has 0 heterocycles. The Morgan fingerprint density at radius 1 is 0.821 bits per heavy atom. The second-order valence-corrected chi connectivity index (χ2v) is 11.8. The van der Waals surface area contributed by atoms with E-state index in [0.29, 0.717) is 12.1 Å². The average Bonchev–Trinajstić information content (AvgIpc) is 2.93. The molecule has 7 nitrogen and oxygen atoms in total. The fourth-order valence-electron chi connectivity index (χ4n) is 4.21. The number of hydrogen-bond acceptors (Lipinski definition) is 4. The van der Waals surface area contributed by atoms with Gasteiger partial charge in [-0.25, -0.2) is 8.42 Å². The topological polar surface area (TPSA) is 86.8 Å². The average molecular weight is 550 g/mol. The molecule has 8 heteroatoms. The van der Waals surface area contributed by atoms with Crippen LogP contribution in [0.4, 0.5) is 5.69 Å². The molecule has 0 saturated carbocycles. The van der Waals surface area contributed by atoms with Crippen molar-refractivity contribution in [1.29, 1.82) is 0 Å². The second-order valence-electron chi connectivity index (χ2n) is 9.91. The molecule has 0 bridgehead atoms. The maximum absolute atomic E-state index is 14.0. The largest absolute Gasteiger partial charge is 0.352 e. The maximum atomic E-state index is 14.0. The van der Waals surface area contributed by atoms with Crippen LogP contribution >= 0.6 is 0 Å². The minimum absolute atomic E-state index is 0.0504. The van der Waals surface area contributed by atoms with E-state index in [2.05, 4.69) is 5.32 Å². The van der Waals surface area contributed by atoms with Gasteiger partial charge in [0.05, 0.1) is 10.6 Å². The molecule has 0 fully saturated rings. The van der Waals surface area contributed by atoms with Gasteiger partial charge in [-0.15, -0.1) is 0 Å². The first kappa shape index (κ1) is 29.9. The van der Waals surface area contributed by atoms with Crippen LogP contribution in [0.1, 0.15) is 50.3 Å². The highest BCUT2D eigenvalue weighted by Gasteiger charge is 2.33. The number of amides is 2. The number of nitrogens with zero attached hydrogens (tertiary/aromatic N) is 2. The Labute approximate surface area is 232 Å². The first-order valence-corrected chi connectivity index (χ1v) is 14.8. The minimum atomic E-state index is -4.07. The Morgan fingerprint density at radius 2 is 1.38 bits per heavy atom. The molecule has 0 aromatic heterocycles. The second kappa shape index (κ2) is 13.4. The van der Waals surface area contributed by atoms with Crippen molar-refractivity contribution >= 4 is 27.5 Å². The van der Waals surface area contributed by atoms with E-state index >= 15 is 0 Å². The van der Waals surface area contributed by atoms with Crippen molar-refractivity contribution < 1.29 is 18.0 Å². The summed E-state index contributed by atoms with van der Waals surface area (Å²) < 4.78 is 28.8. The Morgan fingerprint density at radius 3 is 1.92 bits per heavy atom. The van der Waals surface area contributed by atoms with Gasteiger partial charge in [0.2, 0.25) is 11.8 Å². The van der Waals surface area contributed by atoms with E-state index in [4.69, 9.17) is 0 Å². The van der Waals surface area contributed by atoms with Crippen molar-refractivity contribution in [2.45, 2.75) is 71.0 Å². The standard InChI is InChI=1S/C31H39N3O4S/c1-6-25(5)32-31(36)29(7-2)33(21-26-17-13-23(3)14-18-26)30(35)22-34(27-11-9-8-10-12-27)39(37,38)28-19-15-24(4)16-20-28/h8-20,25,29H,6-7,21-22H2,1-5H3,(H,32,36)/t25-,29-/m0/s1. The van der Waals surface area contributed by atoms with Gasteiger partial charge in [0.1, 0.15) is 12.6 Å². The lowest BCUT2D eigenvalue weighted by atomic mass is 10.1. The summed E-state index contributed by atoms with van der Waals surface area (Å²) in [6.07, 6.45) is 1.14. The summed E-state index contributed by atoms with van der Waals surface area (Å²) in [4.78, 5) is 28.9. The van der Waals surface area contributed by atoms with E-state index in [1.807, 2.05) is 58.9 Å². The molecule has 0 aliphatic heterocycles. The molecule has 0 radical (unpaired) electrons. The number of para-hydroxylation sites is 1. The van der Waals surface area contributed by atoms with Crippen LogP contribution in [0.15, 0.2) is 83.8 Å². The van der Waals surface area contributed by atoms with Crippen LogP contribution in [0.5, 0.6) is 0 Å². The molecule has 2 atom stereocenters. The zero-order chi connectivity index (χ0) is 28.6. The number of hydrogen-bond donors (Lipinski definition) is 1. The third kappa shape index (κ3) is 7.69. The molecule has 39 heavy (non-hydrogen) atoms. The fourth-order valence-corrected chi connectivity index (χ4v) is 5.63. The van der Waals surface area contributed by atoms with Gasteiger partial charge in [0.15, 0.2) is 0 Å². The number of carbonyl (C=O) groups is 2. The SMILES string of the molecule is CC[C@H](C)NC(=O)[C@H](CC)N(Cc1ccc(C)cc1)C(=O)CN(c1ccccc1)S(=O)(=O)c1ccc(C)cc1. The number of aryl methyl sites for hydroxylation is 2. The molecule has 1 N–H and O–H groups in total. The van der Waals surface area contributed by atoms with Gasteiger partial charge >= 0.3 is 0 Å². The van der Waals surface area contributed by atoms with Gasteiger partial charge in [-0.3, -0.25) is 13.9 Å². The zero-order valence-electron chi connectivity index (χ0n) is 23.4. The smallest absolute Gasteiger partial charge is 0.264 e. The highest BCUT2D eigenvalue weighted by Crippen LogP contribution is 2.25. The minimum Gasteiger partial charge on any atom is -0.352 e. The monoisotopic (exact) mass is 549 g/mol. The van der Waals surface area contributed by atoms with Gasteiger partial charge in [0, 0.05) is 12.6 Å². The van der Waals surface area contributed by atoms with Gasteiger partial charge in [-0.05, 0) is 63.4 Å². The molecule has 3 aromatic carbocycles. The van der Waals surface area contributed by atoms with Gasteiger partial charge in [0.25, 0.3) is 10.0 Å². The van der Waals surface area contributed by atoms with Crippen molar-refractivity contribution in [2.75, 3.05) is 10.8 Å². The zero-order valence-corrected chi connectivity index (χ0v) is 24.2. The summed E-state index contributed by atoms with van der Waals surface area (Å²) in [5.74, 6) is -0.707. The van der Waals surface area contributed by atoms with Crippen LogP contribution in [0.3, 0.4) is 0 Å². The van der Waals surface area contributed by atoms with Gasteiger partial charge < -0.3 is 10.2 Å². The molecule has 208 valence electrons. The molecule has 3 aromatic rings. The highest BCUT2D eigenvalue weighted by molar-refractivity contribution is 7.92. The van der Waals surface area contributed by atoms with E-state index in [1.54, 1.807) is 54.6 Å². The summed E-state index contributed by atoms with van der Waals surface area (Å²) in [5.41, 5.74) is 3.24. The van der Waals surface area contributed by atoms with E-state index in [-0.39, 0.29) is 23.4 Å². The van der Waals surface area contributed by atoms with Crippen LogP contribution in [-0.2, 0) is 26.2 Å². The predicted molar refractivity (Wildman–Crippen MR) is 156 cm³/mol. The number of nitrogens with one attached hydrogen (secondary N) is 1. The lowest BCUT2D eigenvalue weighted by Crippen LogP contribution is -2.53. The molecular formula is C31H39N3O4S. The summed E-state index contributed by atoms with van der Waals surface area (Å²) in [7, 11) is -4.07. The Bertz CT molecular complexity index is 1340. The number of benzene rings is 3. The van der Waals surface area contributed by atoms with Crippen LogP contribution in [0.2, 0.25) is 0 Å². The first-order chi connectivity index (χ1) is 18.6. The molecule has 0 spiro atoms. The normalized spacial score (nSPS) is 12.8. The molecule has 0 aliphatic carbocycles. The Balaban J connectivity index is 2.02. The van der Waals surface area contributed by atoms with Crippen molar-refractivity contribution in [2.24, 2.45) is 0 Å². The van der Waals surface area contributed by atoms with Crippen molar-refractivity contribution in [3.63, 3.8) is 0 Å². The number of sulfonamides is 1. The Kier molecular flexibility index (Phi) is 10.3. The predicted octanol–water partition coefficient (Wildman–Crippen LogP) is 5.22. The van der Waals surface area contributed by atoms with E-state index in [1.165, 1.54) is 4.90 Å². The van der Waals surface area contributed by atoms with Crippen molar-refractivity contribution in [1.82, 2.24) is 10.2 Å². The number of anilines is 1. The summed E-state index contributed by atoms with van der Waals surface area (Å²) in [6, 6.07) is 22.1. The number of carbonyl (C=O) groups excluding carboxylic acids is 2.